The molecule has 0 radical (unpaired) electrons. The first kappa shape index (κ1) is 13.0. The van der Waals surface area contributed by atoms with Crippen molar-refractivity contribution < 1.29 is 5.11 Å². The number of anilines is 2. The number of hydrogen-bond acceptors (Lipinski definition) is 6. The third-order valence-corrected chi connectivity index (χ3v) is 3.50. The summed E-state index contributed by atoms with van der Waals surface area (Å²) in [4.78, 5) is 8.29. The second-order valence-corrected chi connectivity index (χ2v) is 4.86. The first-order chi connectivity index (χ1) is 8.70. The van der Waals surface area contributed by atoms with Gasteiger partial charge in [-0.2, -0.15) is 4.98 Å². The van der Waals surface area contributed by atoms with Crippen LogP contribution in [0.2, 0.25) is 0 Å². The molecule has 2 unspecified atom stereocenters. The van der Waals surface area contributed by atoms with Crippen LogP contribution in [0.4, 0.5) is 11.8 Å². The molecule has 18 heavy (non-hydrogen) atoms. The predicted octanol–water partition coefficient (Wildman–Crippen LogP) is 1.03. The van der Waals surface area contributed by atoms with Crippen LogP contribution in [0.3, 0.4) is 0 Å². The molecule has 6 heteroatoms. The Morgan fingerprint density at radius 1 is 1.44 bits per heavy atom. The Bertz CT molecular complexity index is 398. The topological polar surface area (TPSA) is 96.1 Å². The van der Waals surface area contributed by atoms with Gasteiger partial charge >= 0.3 is 0 Å². The van der Waals surface area contributed by atoms with Crippen LogP contribution in [0.15, 0.2) is 6.20 Å². The first-order valence-electron chi connectivity index (χ1n) is 6.43. The Balaban J connectivity index is 1.96. The zero-order valence-electron chi connectivity index (χ0n) is 10.7. The lowest BCUT2D eigenvalue weighted by molar-refractivity contribution is 0.0763. The van der Waals surface area contributed by atoms with E-state index < -0.39 is 0 Å². The molecule has 1 heterocycles. The molecule has 2 rings (SSSR count). The van der Waals surface area contributed by atoms with Gasteiger partial charge in [-0.25, -0.2) is 10.8 Å². The molecule has 100 valence electrons. The molecule has 2 atom stereocenters. The van der Waals surface area contributed by atoms with Gasteiger partial charge in [-0.05, 0) is 19.8 Å². The van der Waals surface area contributed by atoms with E-state index in [0.717, 1.165) is 37.2 Å². The van der Waals surface area contributed by atoms with Crippen molar-refractivity contribution in [1.82, 2.24) is 9.97 Å². The van der Waals surface area contributed by atoms with E-state index in [9.17, 15) is 5.11 Å². The highest BCUT2D eigenvalue weighted by Gasteiger charge is 2.22. The van der Waals surface area contributed by atoms with Gasteiger partial charge in [-0.3, -0.25) is 5.43 Å². The average Bonchev–Trinajstić information content (AvgIpc) is 2.39. The summed E-state index contributed by atoms with van der Waals surface area (Å²) in [6, 6.07) is 0. The standard InChI is InChI=1S/C12H21N5O/c1-8-6-15-12(17-13)16-11(8)14-7-9-4-2-3-5-10(9)18/h6,9-10,18H,2-5,7,13H2,1H3,(H2,14,15,16,17). The number of hydrogen-bond donors (Lipinski definition) is 4. The number of aliphatic hydroxyl groups excluding tert-OH is 1. The summed E-state index contributed by atoms with van der Waals surface area (Å²) < 4.78 is 0. The van der Waals surface area contributed by atoms with E-state index in [2.05, 4.69) is 20.7 Å². The molecular formula is C12H21N5O. The van der Waals surface area contributed by atoms with Crippen LogP contribution < -0.4 is 16.6 Å². The summed E-state index contributed by atoms with van der Waals surface area (Å²) in [5.41, 5.74) is 3.40. The number of nitrogens with one attached hydrogen (secondary N) is 2. The summed E-state index contributed by atoms with van der Waals surface area (Å²) in [6.07, 6.45) is 5.83. The normalized spacial score (nSPS) is 23.7. The molecule has 1 aliphatic carbocycles. The Hall–Kier alpha value is -1.40. The van der Waals surface area contributed by atoms with Gasteiger partial charge in [0.1, 0.15) is 5.82 Å². The highest BCUT2D eigenvalue weighted by Crippen LogP contribution is 2.25. The van der Waals surface area contributed by atoms with E-state index in [1.165, 1.54) is 6.42 Å². The number of rotatable bonds is 4. The summed E-state index contributed by atoms with van der Waals surface area (Å²) in [5, 5.41) is 13.2. The summed E-state index contributed by atoms with van der Waals surface area (Å²) in [5.74, 6) is 6.76. The SMILES string of the molecule is Cc1cnc(NN)nc1NCC1CCCCC1O. The fourth-order valence-electron chi connectivity index (χ4n) is 2.34. The smallest absolute Gasteiger partial charge is 0.239 e. The molecular weight excluding hydrogens is 230 g/mol. The van der Waals surface area contributed by atoms with Crippen molar-refractivity contribution in [2.24, 2.45) is 11.8 Å². The molecule has 0 saturated heterocycles. The molecule has 0 amide bonds. The fourth-order valence-corrected chi connectivity index (χ4v) is 2.34. The molecule has 1 aromatic heterocycles. The van der Waals surface area contributed by atoms with Crippen molar-refractivity contribution in [3.8, 4) is 0 Å². The lowest BCUT2D eigenvalue weighted by atomic mass is 9.86. The minimum Gasteiger partial charge on any atom is -0.393 e. The second kappa shape index (κ2) is 5.97. The van der Waals surface area contributed by atoms with Crippen molar-refractivity contribution >= 4 is 11.8 Å². The van der Waals surface area contributed by atoms with Gasteiger partial charge in [-0.15, -0.1) is 0 Å². The molecule has 1 fully saturated rings. The maximum atomic E-state index is 9.91. The minimum absolute atomic E-state index is 0.194. The van der Waals surface area contributed by atoms with Crippen molar-refractivity contribution in [2.75, 3.05) is 17.3 Å². The van der Waals surface area contributed by atoms with Gasteiger partial charge in [0.2, 0.25) is 5.95 Å². The largest absolute Gasteiger partial charge is 0.393 e. The van der Waals surface area contributed by atoms with Crippen LogP contribution in [-0.4, -0.2) is 27.7 Å². The fraction of sp³-hybridized carbons (Fsp3) is 0.667. The van der Waals surface area contributed by atoms with Gasteiger partial charge in [0.15, 0.2) is 0 Å². The van der Waals surface area contributed by atoms with Crippen LogP contribution in [0.1, 0.15) is 31.2 Å². The third-order valence-electron chi connectivity index (χ3n) is 3.50. The molecule has 1 saturated carbocycles. The second-order valence-electron chi connectivity index (χ2n) is 4.86. The molecule has 0 bridgehead atoms. The maximum absolute atomic E-state index is 9.91. The molecule has 5 N–H and O–H groups in total. The molecule has 1 aromatic rings. The van der Waals surface area contributed by atoms with Gasteiger partial charge in [0, 0.05) is 24.2 Å². The summed E-state index contributed by atoms with van der Waals surface area (Å²) in [6.45, 7) is 2.68. The number of nitrogens with two attached hydrogens (primary N) is 1. The number of nitrogen functional groups attached to an aromatic ring is 1. The number of aliphatic hydroxyl groups is 1. The highest BCUT2D eigenvalue weighted by molar-refractivity contribution is 5.46. The molecule has 0 aromatic carbocycles. The zero-order chi connectivity index (χ0) is 13.0. The van der Waals surface area contributed by atoms with Crippen molar-refractivity contribution in [1.29, 1.82) is 0 Å². The lowest BCUT2D eigenvalue weighted by Crippen LogP contribution is -2.30. The quantitative estimate of drug-likeness (QED) is 0.471. The molecule has 0 aliphatic heterocycles. The Kier molecular flexibility index (Phi) is 4.33. The number of hydrazine groups is 1. The third kappa shape index (κ3) is 3.08. The highest BCUT2D eigenvalue weighted by atomic mass is 16.3. The van der Waals surface area contributed by atoms with Crippen LogP contribution in [0.5, 0.6) is 0 Å². The predicted molar refractivity (Wildman–Crippen MR) is 71.0 cm³/mol. The van der Waals surface area contributed by atoms with Crippen LogP contribution in [0.25, 0.3) is 0 Å². The van der Waals surface area contributed by atoms with Crippen LogP contribution in [-0.2, 0) is 0 Å². The van der Waals surface area contributed by atoms with Crippen LogP contribution >= 0.6 is 0 Å². The van der Waals surface area contributed by atoms with Crippen LogP contribution in [0, 0.1) is 12.8 Å². The number of nitrogens with zero attached hydrogens (tertiary/aromatic N) is 2. The maximum Gasteiger partial charge on any atom is 0.239 e. The number of aryl methyl sites for hydroxylation is 1. The van der Waals surface area contributed by atoms with Gasteiger partial charge < -0.3 is 10.4 Å². The Morgan fingerprint density at radius 2 is 2.22 bits per heavy atom. The monoisotopic (exact) mass is 251 g/mol. The van der Waals surface area contributed by atoms with E-state index in [1.54, 1.807) is 6.20 Å². The van der Waals surface area contributed by atoms with Crippen molar-refractivity contribution in [2.45, 2.75) is 38.7 Å². The Labute approximate surface area is 107 Å². The van der Waals surface area contributed by atoms with Crippen molar-refractivity contribution in [3.05, 3.63) is 11.8 Å². The Morgan fingerprint density at radius 3 is 2.94 bits per heavy atom. The van der Waals surface area contributed by atoms with E-state index in [1.807, 2.05) is 6.92 Å². The first-order valence-corrected chi connectivity index (χ1v) is 6.43. The van der Waals surface area contributed by atoms with Crippen molar-refractivity contribution in [3.63, 3.8) is 0 Å². The molecule has 0 spiro atoms. The molecule has 1 aliphatic rings. The van der Waals surface area contributed by atoms with E-state index in [0.29, 0.717) is 11.9 Å². The molecule has 6 nitrogen and oxygen atoms in total. The lowest BCUT2D eigenvalue weighted by Gasteiger charge is -2.28. The van der Waals surface area contributed by atoms with Gasteiger partial charge in [0.25, 0.3) is 0 Å². The average molecular weight is 251 g/mol. The van der Waals surface area contributed by atoms with E-state index in [-0.39, 0.29) is 6.10 Å². The van der Waals surface area contributed by atoms with E-state index >= 15 is 0 Å². The summed E-state index contributed by atoms with van der Waals surface area (Å²) in [7, 11) is 0. The van der Waals surface area contributed by atoms with Gasteiger partial charge in [0.05, 0.1) is 6.10 Å². The zero-order valence-corrected chi connectivity index (χ0v) is 10.7. The summed E-state index contributed by atoms with van der Waals surface area (Å²) >= 11 is 0. The minimum atomic E-state index is -0.194. The number of aromatic nitrogens is 2. The van der Waals surface area contributed by atoms with E-state index in [4.69, 9.17) is 5.84 Å². The van der Waals surface area contributed by atoms with Gasteiger partial charge in [-0.1, -0.05) is 12.8 Å².